The highest BCUT2D eigenvalue weighted by atomic mass is 32.2. The summed E-state index contributed by atoms with van der Waals surface area (Å²) in [6.45, 7) is 0. The highest BCUT2D eigenvalue weighted by Gasteiger charge is 2.09. The zero-order valence-electron chi connectivity index (χ0n) is 10.3. The van der Waals surface area contributed by atoms with Crippen LogP contribution in [0.25, 0.3) is 11.1 Å². The number of hydrogen-bond donors (Lipinski definition) is 1. The molecular formula is C14H10F2N2OS. The number of hydrogen-bond acceptors (Lipinski definition) is 4. The molecule has 0 unspecified atom stereocenters. The second kappa shape index (κ2) is 5.13. The summed E-state index contributed by atoms with van der Waals surface area (Å²) in [5, 5.41) is 0. The maximum absolute atomic E-state index is 13.5. The van der Waals surface area contributed by atoms with Gasteiger partial charge in [-0.3, -0.25) is 0 Å². The van der Waals surface area contributed by atoms with Gasteiger partial charge in [-0.2, -0.15) is 0 Å². The summed E-state index contributed by atoms with van der Waals surface area (Å²) < 4.78 is 32.0. The number of nitrogen functional groups attached to an aromatic ring is 1. The number of fused-ring (bicyclic) bond motifs is 1. The van der Waals surface area contributed by atoms with Crippen molar-refractivity contribution in [3.05, 3.63) is 53.9 Å². The molecule has 1 heterocycles. The fraction of sp³-hybridized carbons (Fsp3) is 0.0714. The average molecular weight is 292 g/mol. The summed E-state index contributed by atoms with van der Waals surface area (Å²) in [7, 11) is 0. The molecule has 0 atom stereocenters. The molecule has 0 spiro atoms. The van der Waals surface area contributed by atoms with Crippen LogP contribution in [-0.2, 0) is 5.75 Å². The smallest absolute Gasteiger partial charge is 0.205 e. The van der Waals surface area contributed by atoms with Crippen LogP contribution in [0.3, 0.4) is 0 Å². The van der Waals surface area contributed by atoms with Crippen LogP contribution in [-0.4, -0.2) is 4.98 Å². The normalized spacial score (nSPS) is 11.1. The molecule has 1 aromatic heterocycles. The molecule has 0 bridgehead atoms. The Bertz CT molecular complexity index is 773. The Morgan fingerprint density at radius 2 is 2.00 bits per heavy atom. The average Bonchev–Trinajstić information content (AvgIpc) is 2.81. The van der Waals surface area contributed by atoms with Gasteiger partial charge >= 0.3 is 0 Å². The summed E-state index contributed by atoms with van der Waals surface area (Å²) in [5.41, 5.74) is 7.51. The van der Waals surface area contributed by atoms with Crippen LogP contribution < -0.4 is 5.73 Å². The van der Waals surface area contributed by atoms with Gasteiger partial charge in [0.25, 0.3) is 0 Å². The first-order valence-corrected chi connectivity index (χ1v) is 6.83. The number of rotatable bonds is 3. The molecule has 3 nitrogen and oxygen atoms in total. The van der Waals surface area contributed by atoms with Gasteiger partial charge in [-0.05, 0) is 30.3 Å². The largest absolute Gasteiger partial charge is 0.440 e. The first-order valence-electron chi connectivity index (χ1n) is 5.84. The number of nitrogens with zero attached hydrogens (tertiary/aromatic N) is 1. The Hall–Kier alpha value is -2.08. The third-order valence-electron chi connectivity index (χ3n) is 2.70. The molecule has 102 valence electrons. The molecule has 3 rings (SSSR count). The summed E-state index contributed by atoms with van der Waals surface area (Å²) in [6.07, 6.45) is 0. The molecule has 6 heteroatoms. The molecule has 0 aliphatic heterocycles. The van der Waals surface area contributed by atoms with Gasteiger partial charge in [0, 0.05) is 16.6 Å². The van der Waals surface area contributed by atoms with Crippen LogP contribution in [0, 0.1) is 11.6 Å². The molecule has 2 N–H and O–H groups in total. The quantitative estimate of drug-likeness (QED) is 0.586. The molecule has 0 aliphatic rings. The van der Waals surface area contributed by atoms with E-state index in [1.807, 2.05) is 0 Å². The van der Waals surface area contributed by atoms with E-state index in [2.05, 4.69) is 4.98 Å². The van der Waals surface area contributed by atoms with Crippen LogP contribution in [0.1, 0.15) is 5.89 Å². The summed E-state index contributed by atoms with van der Waals surface area (Å²) in [4.78, 5) is 4.49. The number of halogens is 2. The Balaban J connectivity index is 1.81. The van der Waals surface area contributed by atoms with E-state index >= 15 is 0 Å². The fourth-order valence-corrected chi connectivity index (χ4v) is 2.58. The minimum absolute atomic E-state index is 0.228. The van der Waals surface area contributed by atoms with Crippen LogP contribution >= 0.6 is 11.8 Å². The fourth-order valence-electron chi connectivity index (χ4n) is 1.78. The SMILES string of the molecule is Nc1ccc2nc(CSc3cc(F)ccc3F)oc2c1. The summed E-state index contributed by atoms with van der Waals surface area (Å²) >= 11 is 1.13. The minimum atomic E-state index is -0.473. The first kappa shape index (κ1) is 12.9. The van der Waals surface area contributed by atoms with E-state index in [-0.39, 0.29) is 4.90 Å². The molecule has 3 aromatic rings. The third kappa shape index (κ3) is 2.60. The maximum Gasteiger partial charge on any atom is 0.205 e. The molecule has 0 saturated heterocycles. The van der Waals surface area contributed by atoms with E-state index < -0.39 is 11.6 Å². The van der Waals surface area contributed by atoms with Gasteiger partial charge in [0.05, 0.1) is 5.75 Å². The molecule has 0 fully saturated rings. The lowest BCUT2D eigenvalue weighted by atomic mass is 10.3. The predicted molar refractivity (Wildman–Crippen MR) is 74.3 cm³/mol. The van der Waals surface area contributed by atoms with Crippen LogP contribution in [0.4, 0.5) is 14.5 Å². The van der Waals surface area contributed by atoms with Gasteiger partial charge < -0.3 is 10.2 Å². The summed E-state index contributed by atoms with van der Waals surface area (Å²) in [6, 6.07) is 8.51. The van der Waals surface area contributed by atoms with Gasteiger partial charge in [-0.25, -0.2) is 13.8 Å². The third-order valence-corrected chi connectivity index (χ3v) is 3.72. The first-order chi connectivity index (χ1) is 9.61. The number of nitrogens with two attached hydrogens (primary N) is 1. The van der Waals surface area contributed by atoms with E-state index in [0.29, 0.717) is 28.4 Å². The van der Waals surface area contributed by atoms with E-state index in [1.165, 1.54) is 0 Å². The van der Waals surface area contributed by atoms with Crippen LogP contribution in [0.2, 0.25) is 0 Å². The maximum atomic E-state index is 13.5. The lowest BCUT2D eigenvalue weighted by Gasteiger charge is -2.00. The predicted octanol–water partition coefficient (Wildman–Crippen LogP) is 3.98. The molecule has 0 radical (unpaired) electrons. The Kier molecular flexibility index (Phi) is 3.31. The molecule has 20 heavy (non-hydrogen) atoms. The van der Waals surface area contributed by atoms with Gasteiger partial charge in [0.15, 0.2) is 5.58 Å². The van der Waals surface area contributed by atoms with Gasteiger partial charge in [0.2, 0.25) is 5.89 Å². The number of thioether (sulfide) groups is 1. The lowest BCUT2D eigenvalue weighted by Crippen LogP contribution is -1.85. The van der Waals surface area contributed by atoms with Gasteiger partial charge in [-0.1, -0.05) is 0 Å². The van der Waals surface area contributed by atoms with Crippen molar-refractivity contribution in [1.29, 1.82) is 0 Å². The van der Waals surface area contributed by atoms with E-state index in [4.69, 9.17) is 10.2 Å². The Morgan fingerprint density at radius 3 is 2.85 bits per heavy atom. The van der Waals surface area contributed by atoms with Crippen molar-refractivity contribution in [2.24, 2.45) is 0 Å². The Labute approximate surface area is 117 Å². The molecule has 2 aromatic carbocycles. The lowest BCUT2D eigenvalue weighted by molar-refractivity contribution is 0.555. The number of anilines is 1. The molecule has 0 amide bonds. The number of aromatic nitrogens is 1. The van der Waals surface area contributed by atoms with Crippen molar-refractivity contribution >= 4 is 28.5 Å². The monoisotopic (exact) mass is 292 g/mol. The van der Waals surface area contributed by atoms with Crippen molar-refractivity contribution in [3.8, 4) is 0 Å². The standard InChI is InChI=1S/C14H10F2N2OS/c15-8-1-3-10(16)13(5-8)20-7-14-18-11-4-2-9(17)6-12(11)19-14/h1-6H,7,17H2. The van der Waals surface area contributed by atoms with Crippen molar-refractivity contribution in [1.82, 2.24) is 4.98 Å². The zero-order valence-corrected chi connectivity index (χ0v) is 11.1. The van der Waals surface area contributed by atoms with Crippen LogP contribution in [0.15, 0.2) is 45.7 Å². The van der Waals surface area contributed by atoms with Crippen LogP contribution in [0.5, 0.6) is 0 Å². The van der Waals surface area contributed by atoms with E-state index in [0.717, 1.165) is 30.0 Å². The minimum Gasteiger partial charge on any atom is -0.440 e. The van der Waals surface area contributed by atoms with E-state index in [1.54, 1.807) is 18.2 Å². The van der Waals surface area contributed by atoms with Gasteiger partial charge in [-0.15, -0.1) is 11.8 Å². The van der Waals surface area contributed by atoms with Crippen molar-refractivity contribution in [2.45, 2.75) is 10.6 Å². The second-order valence-corrected chi connectivity index (χ2v) is 5.22. The highest BCUT2D eigenvalue weighted by Crippen LogP contribution is 2.27. The second-order valence-electron chi connectivity index (χ2n) is 4.20. The number of benzene rings is 2. The van der Waals surface area contributed by atoms with Crippen molar-refractivity contribution in [3.63, 3.8) is 0 Å². The van der Waals surface area contributed by atoms with Crippen molar-refractivity contribution < 1.29 is 13.2 Å². The zero-order chi connectivity index (χ0) is 14.1. The van der Waals surface area contributed by atoms with Gasteiger partial charge in [0.1, 0.15) is 17.2 Å². The highest BCUT2D eigenvalue weighted by molar-refractivity contribution is 7.98. The van der Waals surface area contributed by atoms with E-state index in [9.17, 15) is 8.78 Å². The molecular weight excluding hydrogens is 282 g/mol. The Morgan fingerprint density at radius 1 is 1.15 bits per heavy atom. The summed E-state index contributed by atoms with van der Waals surface area (Å²) in [5.74, 6) is -0.176. The molecule has 0 saturated carbocycles. The van der Waals surface area contributed by atoms with Crippen molar-refractivity contribution in [2.75, 3.05) is 5.73 Å². The topological polar surface area (TPSA) is 52.0 Å². The number of oxazole rings is 1. The molecule has 0 aliphatic carbocycles.